The third-order valence-electron chi connectivity index (χ3n) is 3.78. The zero-order valence-corrected chi connectivity index (χ0v) is 11.7. The number of aliphatic carboxylic acids is 1. The summed E-state index contributed by atoms with van der Waals surface area (Å²) in [6.07, 6.45) is 1.05. The second-order valence-corrected chi connectivity index (χ2v) is 5.47. The van der Waals surface area contributed by atoms with Gasteiger partial charge in [0.05, 0.1) is 6.54 Å². The third-order valence-corrected chi connectivity index (χ3v) is 3.78. The Labute approximate surface area is 114 Å². The normalized spacial score (nSPS) is 20.1. The molecular weight excluding hydrogens is 240 g/mol. The molecule has 1 saturated heterocycles. The summed E-state index contributed by atoms with van der Waals surface area (Å²) in [6.45, 7) is 5.18. The second-order valence-electron chi connectivity index (χ2n) is 5.47. The third kappa shape index (κ3) is 4.04. The molecule has 1 atom stereocenters. The van der Waals surface area contributed by atoms with E-state index < -0.39 is 5.97 Å². The van der Waals surface area contributed by atoms with E-state index in [4.69, 9.17) is 5.11 Å². The molecule has 2 rings (SSSR count). The lowest BCUT2D eigenvalue weighted by atomic mass is 10.1. The number of carbonyl (C=O) groups is 1. The van der Waals surface area contributed by atoms with Crippen LogP contribution in [-0.2, 0) is 11.3 Å². The largest absolute Gasteiger partial charge is 0.480 e. The van der Waals surface area contributed by atoms with Crippen molar-refractivity contribution in [2.24, 2.45) is 0 Å². The van der Waals surface area contributed by atoms with Crippen molar-refractivity contribution in [2.45, 2.75) is 25.9 Å². The first-order valence-electron chi connectivity index (χ1n) is 6.74. The summed E-state index contributed by atoms with van der Waals surface area (Å²) in [5.41, 5.74) is 2.61. The molecule has 1 fully saturated rings. The molecule has 1 aromatic carbocycles. The summed E-state index contributed by atoms with van der Waals surface area (Å²) in [4.78, 5) is 15.1. The molecule has 0 spiro atoms. The number of benzene rings is 1. The Bertz CT molecular complexity index is 430. The fourth-order valence-corrected chi connectivity index (χ4v) is 2.61. The van der Waals surface area contributed by atoms with E-state index in [0.717, 1.165) is 26.1 Å². The van der Waals surface area contributed by atoms with Crippen LogP contribution in [0, 0.1) is 6.92 Å². The van der Waals surface area contributed by atoms with Crippen LogP contribution in [0.2, 0.25) is 0 Å². The number of likely N-dealkylation sites (tertiary alicyclic amines) is 1. The highest BCUT2D eigenvalue weighted by Gasteiger charge is 2.26. The van der Waals surface area contributed by atoms with Gasteiger partial charge in [0.1, 0.15) is 0 Å². The molecule has 0 aliphatic carbocycles. The van der Waals surface area contributed by atoms with Crippen molar-refractivity contribution in [3.8, 4) is 0 Å². The highest BCUT2D eigenvalue weighted by atomic mass is 16.4. The number of rotatable bonds is 5. The van der Waals surface area contributed by atoms with E-state index in [9.17, 15) is 4.79 Å². The van der Waals surface area contributed by atoms with Gasteiger partial charge in [-0.3, -0.25) is 14.6 Å². The number of carboxylic acid groups (broad SMARTS) is 1. The van der Waals surface area contributed by atoms with E-state index in [-0.39, 0.29) is 6.54 Å². The first-order valence-corrected chi connectivity index (χ1v) is 6.74. The monoisotopic (exact) mass is 262 g/mol. The van der Waals surface area contributed by atoms with Gasteiger partial charge in [-0.05, 0) is 26.0 Å². The maximum absolute atomic E-state index is 10.7. The predicted molar refractivity (Wildman–Crippen MR) is 75.1 cm³/mol. The van der Waals surface area contributed by atoms with E-state index in [1.165, 1.54) is 11.1 Å². The smallest absolute Gasteiger partial charge is 0.317 e. The minimum Gasteiger partial charge on any atom is -0.480 e. The van der Waals surface area contributed by atoms with Crippen LogP contribution in [0.5, 0.6) is 0 Å². The minimum atomic E-state index is -0.750. The van der Waals surface area contributed by atoms with Crippen molar-refractivity contribution < 1.29 is 9.90 Å². The summed E-state index contributed by atoms with van der Waals surface area (Å²) < 4.78 is 0. The summed E-state index contributed by atoms with van der Waals surface area (Å²) in [5.74, 6) is -0.750. The lowest BCUT2D eigenvalue weighted by molar-refractivity contribution is -0.138. The number of aryl methyl sites for hydroxylation is 1. The number of hydrogen-bond acceptors (Lipinski definition) is 3. The van der Waals surface area contributed by atoms with Crippen LogP contribution in [-0.4, -0.2) is 53.6 Å². The van der Waals surface area contributed by atoms with Crippen LogP contribution in [0.3, 0.4) is 0 Å². The highest BCUT2D eigenvalue weighted by molar-refractivity contribution is 5.69. The highest BCUT2D eigenvalue weighted by Crippen LogP contribution is 2.17. The number of nitrogens with zero attached hydrogens (tertiary/aromatic N) is 2. The standard InChI is InChI=1S/C15H22N2O2/c1-12-3-5-13(6-4-12)9-17-8-7-14(10-17)16(2)11-15(18)19/h3-6,14H,7-11H2,1-2H3,(H,18,19). The number of hydrogen-bond donors (Lipinski definition) is 1. The van der Waals surface area contributed by atoms with Gasteiger partial charge >= 0.3 is 5.97 Å². The average molecular weight is 262 g/mol. The lowest BCUT2D eigenvalue weighted by Gasteiger charge is -2.23. The molecule has 1 aliphatic heterocycles. The average Bonchev–Trinajstić information content (AvgIpc) is 2.80. The molecule has 4 heteroatoms. The Morgan fingerprint density at radius 1 is 1.42 bits per heavy atom. The van der Waals surface area contributed by atoms with Crippen LogP contribution < -0.4 is 0 Å². The van der Waals surface area contributed by atoms with E-state index in [1.807, 2.05) is 11.9 Å². The number of carboxylic acids is 1. The molecule has 1 heterocycles. The molecule has 0 aromatic heterocycles. The maximum atomic E-state index is 10.7. The van der Waals surface area contributed by atoms with Crippen LogP contribution in [0.25, 0.3) is 0 Å². The van der Waals surface area contributed by atoms with Gasteiger partial charge in [0.2, 0.25) is 0 Å². The first-order chi connectivity index (χ1) is 9.04. The topological polar surface area (TPSA) is 43.8 Å². The Hall–Kier alpha value is -1.39. The lowest BCUT2D eigenvalue weighted by Crippen LogP contribution is -2.37. The van der Waals surface area contributed by atoms with Crippen LogP contribution in [0.4, 0.5) is 0 Å². The van der Waals surface area contributed by atoms with Gasteiger partial charge in [-0.1, -0.05) is 29.8 Å². The molecule has 1 aliphatic rings. The van der Waals surface area contributed by atoms with Gasteiger partial charge in [-0.2, -0.15) is 0 Å². The van der Waals surface area contributed by atoms with Crippen molar-refractivity contribution in [1.82, 2.24) is 9.80 Å². The molecule has 19 heavy (non-hydrogen) atoms. The summed E-state index contributed by atoms with van der Waals surface area (Å²) in [5, 5.41) is 8.82. The van der Waals surface area contributed by atoms with Gasteiger partial charge in [-0.15, -0.1) is 0 Å². The molecule has 1 N–H and O–H groups in total. The zero-order valence-electron chi connectivity index (χ0n) is 11.7. The fraction of sp³-hybridized carbons (Fsp3) is 0.533. The van der Waals surface area contributed by atoms with E-state index in [1.54, 1.807) is 0 Å². The van der Waals surface area contributed by atoms with Gasteiger partial charge in [0.25, 0.3) is 0 Å². The predicted octanol–water partition coefficient (Wildman–Crippen LogP) is 1.59. The molecule has 0 bridgehead atoms. The Morgan fingerprint density at radius 3 is 2.74 bits per heavy atom. The molecule has 1 unspecified atom stereocenters. The second kappa shape index (κ2) is 6.17. The maximum Gasteiger partial charge on any atom is 0.317 e. The Morgan fingerprint density at radius 2 is 2.11 bits per heavy atom. The zero-order chi connectivity index (χ0) is 13.8. The first kappa shape index (κ1) is 14.0. The SMILES string of the molecule is Cc1ccc(CN2CCC(N(C)CC(=O)O)C2)cc1. The van der Waals surface area contributed by atoms with E-state index >= 15 is 0 Å². The van der Waals surface area contributed by atoms with Crippen LogP contribution >= 0.6 is 0 Å². The van der Waals surface area contributed by atoms with Crippen molar-refractivity contribution >= 4 is 5.97 Å². The molecular formula is C15H22N2O2. The van der Waals surface area contributed by atoms with Crippen LogP contribution in [0.15, 0.2) is 24.3 Å². The number of likely N-dealkylation sites (N-methyl/N-ethyl adjacent to an activating group) is 1. The Kier molecular flexibility index (Phi) is 4.56. The molecule has 104 valence electrons. The molecule has 0 radical (unpaired) electrons. The fourth-order valence-electron chi connectivity index (χ4n) is 2.61. The minimum absolute atomic E-state index is 0.128. The van der Waals surface area contributed by atoms with Crippen molar-refractivity contribution in [2.75, 3.05) is 26.7 Å². The van der Waals surface area contributed by atoms with Crippen molar-refractivity contribution in [1.29, 1.82) is 0 Å². The van der Waals surface area contributed by atoms with Gasteiger partial charge in [0, 0.05) is 25.7 Å². The van der Waals surface area contributed by atoms with Crippen LogP contribution in [0.1, 0.15) is 17.5 Å². The summed E-state index contributed by atoms with van der Waals surface area (Å²) in [7, 11) is 1.90. The molecule has 0 saturated carbocycles. The summed E-state index contributed by atoms with van der Waals surface area (Å²) in [6, 6.07) is 8.98. The Balaban J connectivity index is 1.85. The molecule has 1 aromatic rings. The van der Waals surface area contributed by atoms with Gasteiger partial charge < -0.3 is 5.11 Å². The van der Waals surface area contributed by atoms with E-state index in [0.29, 0.717) is 6.04 Å². The van der Waals surface area contributed by atoms with E-state index in [2.05, 4.69) is 36.1 Å². The van der Waals surface area contributed by atoms with Gasteiger partial charge in [-0.25, -0.2) is 0 Å². The summed E-state index contributed by atoms with van der Waals surface area (Å²) >= 11 is 0. The van der Waals surface area contributed by atoms with Gasteiger partial charge in [0.15, 0.2) is 0 Å². The van der Waals surface area contributed by atoms with Crippen molar-refractivity contribution in [3.63, 3.8) is 0 Å². The van der Waals surface area contributed by atoms with Crippen molar-refractivity contribution in [3.05, 3.63) is 35.4 Å². The molecule has 0 amide bonds. The quantitative estimate of drug-likeness (QED) is 0.875. The molecule has 4 nitrogen and oxygen atoms in total.